The summed E-state index contributed by atoms with van der Waals surface area (Å²) in [6, 6.07) is 8.31. The predicted molar refractivity (Wildman–Crippen MR) is 131 cm³/mol. The van der Waals surface area contributed by atoms with Gasteiger partial charge in [0, 0.05) is 57.1 Å². The van der Waals surface area contributed by atoms with Gasteiger partial charge in [-0.1, -0.05) is 12.1 Å². The first-order valence-electron chi connectivity index (χ1n) is 12.2. The largest absolute Gasteiger partial charge is 0.371 e. The van der Waals surface area contributed by atoms with E-state index in [0.717, 1.165) is 32.5 Å². The Morgan fingerprint density at radius 3 is 2.39 bits per heavy atom. The maximum absolute atomic E-state index is 12.9. The van der Waals surface area contributed by atoms with E-state index in [4.69, 9.17) is 0 Å². The molecule has 2 aromatic rings. The summed E-state index contributed by atoms with van der Waals surface area (Å²) in [7, 11) is 2.21. The molecule has 2 aliphatic heterocycles. The highest BCUT2D eigenvalue weighted by atomic mass is 16.2. The molecule has 0 aliphatic carbocycles. The lowest BCUT2D eigenvalue weighted by Crippen LogP contribution is -2.53. The molecule has 1 aromatic heterocycles. The van der Waals surface area contributed by atoms with Crippen LogP contribution in [0.25, 0.3) is 0 Å². The number of aryl methyl sites for hydroxylation is 1. The third-order valence-electron chi connectivity index (χ3n) is 7.52. The van der Waals surface area contributed by atoms with Crippen LogP contribution in [0.3, 0.4) is 0 Å². The van der Waals surface area contributed by atoms with Gasteiger partial charge < -0.3 is 9.80 Å². The number of hydrogen-bond donors (Lipinski definition) is 0. The molecule has 3 heterocycles. The second-order valence-electron chi connectivity index (χ2n) is 10.0. The van der Waals surface area contributed by atoms with E-state index in [0.29, 0.717) is 18.8 Å². The molecule has 0 radical (unpaired) electrons. The molecule has 4 rings (SSSR count). The molecule has 0 saturated carbocycles. The van der Waals surface area contributed by atoms with Crippen LogP contribution in [0.2, 0.25) is 0 Å². The van der Waals surface area contributed by atoms with Crippen molar-refractivity contribution in [3.8, 4) is 0 Å². The molecular weight excluding hydrogens is 414 g/mol. The van der Waals surface area contributed by atoms with Crippen molar-refractivity contribution in [1.82, 2.24) is 19.6 Å². The molecule has 1 amide bonds. The number of piperidine rings is 2. The van der Waals surface area contributed by atoms with Gasteiger partial charge in [-0.25, -0.2) is 4.79 Å². The Morgan fingerprint density at radius 1 is 1.06 bits per heavy atom. The fourth-order valence-electron chi connectivity index (χ4n) is 5.01. The van der Waals surface area contributed by atoms with Crippen molar-refractivity contribution in [2.45, 2.75) is 65.0 Å². The van der Waals surface area contributed by atoms with Crippen LogP contribution in [0.15, 0.2) is 30.5 Å². The van der Waals surface area contributed by atoms with Gasteiger partial charge in [-0.2, -0.15) is 9.78 Å². The minimum atomic E-state index is -0.155. The minimum absolute atomic E-state index is 0.0233. The normalized spacial score (nSPS) is 18.6. The molecule has 0 bridgehead atoms. The fraction of sp³-hybridized carbons (Fsp3) is 0.577. The van der Waals surface area contributed by atoms with Crippen LogP contribution in [0.1, 0.15) is 67.6 Å². The first kappa shape index (κ1) is 23.5. The van der Waals surface area contributed by atoms with Crippen molar-refractivity contribution in [2.75, 3.05) is 38.1 Å². The second-order valence-corrected chi connectivity index (χ2v) is 10.0. The number of benzene rings is 1. The summed E-state index contributed by atoms with van der Waals surface area (Å²) in [5, 5.41) is 4.13. The number of amides is 1. The first-order chi connectivity index (χ1) is 15.8. The summed E-state index contributed by atoms with van der Waals surface area (Å²) in [5.74, 6) is -0.130. The zero-order valence-corrected chi connectivity index (χ0v) is 20.5. The molecule has 33 heavy (non-hydrogen) atoms. The lowest BCUT2D eigenvalue weighted by atomic mass is 9.87. The van der Waals surface area contributed by atoms with Crippen LogP contribution in [0.5, 0.6) is 0 Å². The number of carbonyl (C=O) groups is 2. The van der Waals surface area contributed by atoms with Crippen LogP contribution in [0.4, 0.5) is 10.5 Å². The van der Waals surface area contributed by atoms with Gasteiger partial charge in [0.2, 0.25) is 0 Å². The van der Waals surface area contributed by atoms with E-state index in [-0.39, 0.29) is 17.4 Å². The Hall–Kier alpha value is -2.67. The highest BCUT2D eigenvalue weighted by molar-refractivity contribution is 5.92. The molecule has 2 fully saturated rings. The fourth-order valence-corrected chi connectivity index (χ4v) is 5.01. The van der Waals surface area contributed by atoms with Crippen LogP contribution >= 0.6 is 0 Å². The smallest absolute Gasteiger partial charge is 0.344 e. The van der Waals surface area contributed by atoms with Crippen molar-refractivity contribution in [1.29, 1.82) is 0 Å². The summed E-state index contributed by atoms with van der Waals surface area (Å²) in [4.78, 5) is 31.2. The van der Waals surface area contributed by atoms with Gasteiger partial charge in [0.1, 0.15) is 5.69 Å². The van der Waals surface area contributed by atoms with Crippen molar-refractivity contribution in [3.05, 3.63) is 47.3 Å². The van der Waals surface area contributed by atoms with E-state index in [9.17, 15) is 9.59 Å². The van der Waals surface area contributed by atoms with Gasteiger partial charge >= 0.3 is 6.03 Å². The summed E-state index contributed by atoms with van der Waals surface area (Å²) in [5.41, 5.74) is 4.44. The average Bonchev–Trinajstić information content (AvgIpc) is 3.31. The molecule has 7 nitrogen and oxygen atoms in total. The number of aromatic nitrogens is 2. The molecule has 2 aliphatic rings. The standard InChI is InChI=1S/C26H37N5O2/c1-20-8-9-22(24(18-20)29-13-6-5-7-14-29)19-28(4)26(3)11-16-30(17-12-26)25(33)31-15-10-23(27-31)21(2)32/h8-10,15,18H,5-7,11-14,16-17,19H2,1-4H3. The minimum Gasteiger partial charge on any atom is -0.371 e. The van der Waals surface area contributed by atoms with Gasteiger partial charge in [0.05, 0.1) is 0 Å². The van der Waals surface area contributed by atoms with Crippen molar-refractivity contribution >= 4 is 17.5 Å². The maximum Gasteiger partial charge on any atom is 0.344 e. The third kappa shape index (κ3) is 5.13. The number of carbonyl (C=O) groups excluding carboxylic acids is 2. The molecule has 0 atom stereocenters. The number of rotatable bonds is 5. The van der Waals surface area contributed by atoms with Gasteiger partial charge in [-0.3, -0.25) is 9.69 Å². The molecular formula is C26H37N5O2. The molecule has 1 aromatic carbocycles. The predicted octanol–water partition coefficient (Wildman–Crippen LogP) is 4.34. The molecule has 2 saturated heterocycles. The van der Waals surface area contributed by atoms with Gasteiger partial charge in [-0.05, 0) is 76.3 Å². The van der Waals surface area contributed by atoms with Crippen molar-refractivity contribution < 1.29 is 9.59 Å². The molecule has 0 N–H and O–H groups in total. The Labute approximate surface area is 197 Å². The number of nitrogens with zero attached hydrogens (tertiary/aromatic N) is 5. The third-order valence-corrected chi connectivity index (χ3v) is 7.52. The van der Waals surface area contributed by atoms with Gasteiger partial charge in [0.15, 0.2) is 5.78 Å². The lowest BCUT2D eigenvalue weighted by Gasteiger charge is -2.45. The van der Waals surface area contributed by atoms with Crippen LogP contribution in [-0.2, 0) is 6.54 Å². The first-order valence-corrected chi connectivity index (χ1v) is 12.2. The van der Waals surface area contributed by atoms with E-state index in [1.54, 1.807) is 12.3 Å². The summed E-state index contributed by atoms with van der Waals surface area (Å²) >= 11 is 0. The summed E-state index contributed by atoms with van der Waals surface area (Å²) in [6.45, 7) is 10.5. The Kier molecular flexibility index (Phi) is 6.88. The van der Waals surface area contributed by atoms with Gasteiger partial charge in [0.25, 0.3) is 0 Å². The topological polar surface area (TPSA) is 61.7 Å². The molecule has 178 valence electrons. The lowest BCUT2D eigenvalue weighted by molar-refractivity contribution is 0.0585. The molecule has 7 heteroatoms. The van der Waals surface area contributed by atoms with Crippen LogP contribution < -0.4 is 4.90 Å². The van der Waals surface area contributed by atoms with Crippen LogP contribution in [-0.4, -0.2) is 70.2 Å². The highest BCUT2D eigenvalue weighted by Crippen LogP contribution is 2.32. The maximum atomic E-state index is 12.9. The zero-order valence-electron chi connectivity index (χ0n) is 20.5. The summed E-state index contributed by atoms with van der Waals surface area (Å²) in [6.07, 6.45) is 7.27. The van der Waals surface area contributed by atoms with Crippen molar-refractivity contribution in [2.24, 2.45) is 0 Å². The number of ketones is 1. The SMILES string of the molecule is CC(=O)c1ccn(C(=O)N2CCC(C)(N(C)Cc3ccc(C)cc3N3CCCCC3)CC2)n1. The average molecular weight is 452 g/mol. The number of likely N-dealkylation sites (tertiary alicyclic amines) is 1. The van der Waals surface area contributed by atoms with Gasteiger partial charge in [-0.15, -0.1) is 0 Å². The van der Waals surface area contributed by atoms with E-state index >= 15 is 0 Å². The quantitative estimate of drug-likeness (QED) is 0.633. The monoisotopic (exact) mass is 451 g/mol. The number of anilines is 1. The second kappa shape index (κ2) is 9.67. The highest BCUT2D eigenvalue weighted by Gasteiger charge is 2.36. The van der Waals surface area contributed by atoms with E-state index in [1.807, 2.05) is 4.90 Å². The number of hydrogen-bond acceptors (Lipinski definition) is 5. The number of Topliss-reactive ketones (excluding diaryl/α,β-unsaturated/α-hetero) is 1. The Bertz CT molecular complexity index is 1000. The summed E-state index contributed by atoms with van der Waals surface area (Å²) < 4.78 is 1.29. The zero-order chi connectivity index (χ0) is 23.6. The molecule has 0 spiro atoms. The van der Waals surface area contributed by atoms with E-state index in [1.165, 1.54) is 47.7 Å². The van der Waals surface area contributed by atoms with Crippen molar-refractivity contribution in [3.63, 3.8) is 0 Å². The molecule has 0 unspecified atom stereocenters. The van der Waals surface area contributed by atoms with E-state index in [2.05, 4.69) is 54.0 Å². The Morgan fingerprint density at radius 2 is 1.76 bits per heavy atom. The Balaban J connectivity index is 1.41. The van der Waals surface area contributed by atoms with Crippen LogP contribution in [0, 0.1) is 6.92 Å². The van der Waals surface area contributed by atoms with E-state index < -0.39 is 0 Å².